The summed E-state index contributed by atoms with van der Waals surface area (Å²) in [6.45, 7) is 4.50. The Morgan fingerprint density at radius 3 is 2.93 bits per heavy atom. The SMILES string of the molecule is CCN(CCOC)c1cc(CO)ccn1. The Bertz CT molecular complexity index is 292. The van der Waals surface area contributed by atoms with E-state index in [1.807, 2.05) is 12.1 Å². The highest BCUT2D eigenvalue weighted by Gasteiger charge is 2.05. The van der Waals surface area contributed by atoms with Crippen molar-refractivity contribution in [1.29, 1.82) is 0 Å². The van der Waals surface area contributed by atoms with E-state index < -0.39 is 0 Å². The van der Waals surface area contributed by atoms with Gasteiger partial charge in [0.05, 0.1) is 13.2 Å². The van der Waals surface area contributed by atoms with Gasteiger partial charge in [0.2, 0.25) is 0 Å². The second-order valence-electron chi connectivity index (χ2n) is 3.25. The van der Waals surface area contributed by atoms with Crippen LogP contribution in [0.3, 0.4) is 0 Å². The van der Waals surface area contributed by atoms with Crippen molar-refractivity contribution in [2.45, 2.75) is 13.5 Å². The van der Waals surface area contributed by atoms with Crippen LogP contribution in [0.5, 0.6) is 0 Å². The molecule has 0 unspecified atom stereocenters. The van der Waals surface area contributed by atoms with Crippen LogP contribution in [0, 0.1) is 0 Å². The molecular formula is C11H18N2O2. The fourth-order valence-corrected chi connectivity index (χ4v) is 1.37. The standard InChI is InChI=1S/C11H18N2O2/c1-3-13(6-7-15-2)11-8-10(9-14)4-5-12-11/h4-5,8,14H,3,6-7,9H2,1-2H3. The lowest BCUT2D eigenvalue weighted by Gasteiger charge is -2.21. The molecule has 4 nitrogen and oxygen atoms in total. The highest BCUT2D eigenvalue weighted by atomic mass is 16.5. The Hall–Kier alpha value is -1.13. The molecule has 1 aromatic heterocycles. The van der Waals surface area contributed by atoms with Crippen molar-refractivity contribution >= 4 is 5.82 Å². The number of nitrogens with zero attached hydrogens (tertiary/aromatic N) is 2. The molecular weight excluding hydrogens is 192 g/mol. The summed E-state index contributed by atoms with van der Waals surface area (Å²) < 4.78 is 5.03. The van der Waals surface area contributed by atoms with Gasteiger partial charge < -0.3 is 14.7 Å². The third-order valence-electron chi connectivity index (χ3n) is 2.26. The van der Waals surface area contributed by atoms with E-state index in [2.05, 4.69) is 16.8 Å². The number of hydrogen-bond acceptors (Lipinski definition) is 4. The summed E-state index contributed by atoms with van der Waals surface area (Å²) in [7, 11) is 1.69. The Labute approximate surface area is 90.5 Å². The molecule has 0 aliphatic rings. The lowest BCUT2D eigenvalue weighted by atomic mass is 10.2. The molecule has 1 aromatic rings. The van der Waals surface area contributed by atoms with E-state index in [1.54, 1.807) is 13.3 Å². The van der Waals surface area contributed by atoms with Gasteiger partial charge in [-0.3, -0.25) is 0 Å². The van der Waals surface area contributed by atoms with Gasteiger partial charge in [-0.15, -0.1) is 0 Å². The Morgan fingerprint density at radius 1 is 1.53 bits per heavy atom. The number of pyridine rings is 1. The summed E-state index contributed by atoms with van der Waals surface area (Å²) in [5.74, 6) is 0.890. The van der Waals surface area contributed by atoms with Crippen LogP contribution in [-0.2, 0) is 11.3 Å². The Balaban J connectivity index is 2.72. The zero-order chi connectivity index (χ0) is 11.1. The van der Waals surface area contributed by atoms with Crippen molar-refractivity contribution in [3.05, 3.63) is 23.9 Å². The topological polar surface area (TPSA) is 45.6 Å². The van der Waals surface area contributed by atoms with Gasteiger partial charge in [-0.05, 0) is 24.6 Å². The number of ether oxygens (including phenoxy) is 1. The normalized spacial score (nSPS) is 10.3. The first kappa shape index (κ1) is 11.9. The van der Waals surface area contributed by atoms with Gasteiger partial charge in [0, 0.05) is 26.4 Å². The van der Waals surface area contributed by atoms with Crippen LogP contribution in [0.2, 0.25) is 0 Å². The number of rotatable bonds is 6. The molecule has 1 rings (SSSR count). The van der Waals surface area contributed by atoms with Crippen LogP contribution in [0.4, 0.5) is 5.82 Å². The fraction of sp³-hybridized carbons (Fsp3) is 0.545. The van der Waals surface area contributed by atoms with Crippen molar-refractivity contribution in [2.24, 2.45) is 0 Å². The summed E-state index contributed by atoms with van der Waals surface area (Å²) in [4.78, 5) is 6.38. The lowest BCUT2D eigenvalue weighted by Crippen LogP contribution is -2.27. The van der Waals surface area contributed by atoms with Crippen molar-refractivity contribution in [1.82, 2.24) is 4.98 Å². The predicted molar refractivity (Wildman–Crippen MR) is 59.9 cm³/mol. The van der Waals surface area contributed by atoms with Crippen LogP contribution >= 0.6 is 0 Å². The molecule has 0 amide bonds. The number of anilines is 1. The van der Waals surface area contributed by atoms with E-state index in [0.717, 1.165) is 24.5 Å². The van der Waals surface area contributed by atoms with Gasteiger partial charge in [-0.25, -0.2) is 4.98 Å². The molecule has 0 fully saturated rings. The van der Waals surface area contributed by atoms with Crippen molar-refractivity contribution in [2.75, 3.05) is 31.7 Å². The third-order valence-corrected chi connectivity index (χ3v) is 2.26. The third kappa shape index (κ3) is 3.49. The molecule has 0 aromatic carbocycles. The minimum absolute atomic E-state index is 0.0529. The highest BCUT2D eigenvalue weighted by molar-refractivity contribution is 5.40. The van der Waals surface area contributed by atoms with E-state index in [4.69, 9.17) is 9.84 Å². The van der Waals surface area contributed by atoms with Crippen LogP contribution in [0.25, 0.3) is 0 Å². The van der Waals surface area contributed by atoms with Gasteiger partial charge in [0.25, 0.3) is 0 Å². The maximum absolute atomic E-state index is 9.02. The molecule has 0 saturated carbocycles. The van der Waals surface area contributed by atoms with Gasteiger partial charge in [0.1, 0.15) is 5.82 Å². The van der Waals surface area contributed by atoms with Crippen LogP contribution in [0.15, 0.2) is 18.3 Å². The van der Waals surface area contributed by atoms with Crippen LogP contribution < -0.4 is 4.90 Å². The highest BCUT2D eigenvalue weighted by Crippen LogP contribution is 2.12. The first-order chi connectivity index (χ1) is 7.31. The van der Waals surface area contributed by atoms with Gasteiger partial charge in [-0.1, -0.05) is 0 Å². The summed E-state index contributed by atoms with van der Waals surface area (Å²) in [6.07, 6.45) is 1.72. The number of aliphatic hydroxyl groups excluding tert-OH is 1. The summed E-state index contributed by atoms with van der Waals surface area (Å²) in [5.41, 5.74) is 0.885. The zero-order valence-electron chi connectivity index (χ0n) is 9.31. The number of methoxy groups -OCH3 is 1. The number of likely N-dealkylation sites (N-methyl/N-ethyl adjacent to an activating group) is 1. The first-order valence-electron chi connectivity index (χ1n) is 5.11. The van der Waals surface area contributed by atoms with Gasteiger partial charge in [0.15, 0.2) is 0 Å². The minimum Gasteiger partial charge on any atom is -0.392 e. The van der Waals surface area contributed by atoms with E-state index >= 15 is 0 Å². The molecule has 84 valence electrons. The molecule has 0 radical (unpaired) electrons. The average Bonchev–Trinajstić information content (AvgIpc) is 2.30. The summed E-state index contributed by atoms with van der Waals surface area (Å²) in [5, 5.41) is 9.02. The largest absolute Gasteiger partial charge is 0.392 e. The van der Waals surface area contributed by atoms with E-state index in [1.165, 1.54) is 0 Å². The van der Waals surface area contributed by atoms with Crippen molar-refractivity contribution in [3.63, 3.8) is 0 Å². The number of hydrogen-bond donors (Lipinski definition) is 1. The lowest BCUT2D eigenvalue weighted by molar-refractivity contribution is 0.205. The quantitative estimate of drug-likeness (QED) is 0.762. The second kappa shape index (κ2) is 6.37. The second-order valence-corrected chi connectivity index (χ2v) is 3.25. The van der Waals surface area contributed by atoms with Crippen LogP contribution in [0.1, 0.15) is 12.5 Å². The molecule has 15 heavy (non-hydrogen) atoms. The first-order valence-corrected chi connectivity index (χ1v) is 5.11. The van der Waals surface area contributed by atoms with Gasteiger partial charge >= 0.3 is 0 Å². The predicted octanol–water partition coefficient (Wildman–Crippen LogP) is 1.05. The zero-order valence-corrected chi connectivity index (χ0v) is 9.31. The molecule has 1 heterocycles. The maximum Gasteiger partial charge on any atom is 0.128 e. The van der Waals surface area contributed by atoms with E-state index in [-0.39, 0.29) is 6.61 Å². The minimum atomic E-state index is 0.0529. The number of aliphatic hydroxyl groups is 1. The molecule has 0 saturated heterocycles. The maximum atomic E-state index is 9.02. The molecule has 1 N–H and O–H groups in total. The van der Waals surface area contributed by atoms with Gasteiger partial charge in [-0.2, -0.15) is 0 Å². The Morgan fingerprint density at radius 2 is 2.33 bits per heavy atom. The smallest absolute Gasteiger partial charge is 0.128 e. The average molecular weight is 210 g/mol. The molecule has 4 heteroatoms. The molecule has 0 aliphatic heterocycles. The monoisotopic (exact) mass is 210 g/mol. The summed E-state index contributed by atoms with van der Waals surface area (Å²) in [6, 6.07) is 3.72. The van der Waals surface area contributed by atoms with E-state index in [9.17, 15) is 0 Å². The Kier molecular flexibility index (Phi) is 5.07. The van der Waals surface area contributed by atoms with Crippen molar-refractivity contribution < 1.29 is 9.84 Å². The molecule has 0 aliphatic carbocycles. The summed E-state index contributed by atoms with van der Waals surface area (Å²) >= 11 is 0. The van der Waals surface area contributed by atoms with Crippen molar-refractivity contribution in [3.8, 4) is 0 Å². The fourth-order valence-electron chi connectivity index (χ4n) is 1.37. The number of aromatic nitrogens is 1. The molecule has 0 bridgehead atoms. The molecule has 0 atom stereocenters. The van der Waals surface area contributed by atoms with E-state index in [0.29, 0.717) is 6.61 Å². The van der Waals surface area contributed by atoms with Crippen LogP contribution in [-0.4, -0.2) is 36.9 Å². The molecule has 0 spiro atoms.